The minimum Gasteiger partial charge on any atom is -0.380 e. The van der Waals surface area contributed by atoms with Gasteiger partial charge >= 0.3 is 0 Å². The summed E-state index contributed by atoms with van der Waals surface area (Å²) in [6.07, 6.45) is 5.53. The first-order chi connectivity index (χ1) is 9.29. The van der Waals surface area contributed by atoms with Gasteiger partial charge in [-0.25, -0.2) is 4.98 Å². The van der Waals surface area contributed by atoms with Crippen molar-refractivity contribution in [1.29, 1.82) is 0 Å². The van der Waals surface area contributed by atoms with Crippen LogP contribution in [0.2, 0.25) is 0 Å². The van der Waals surface area contributed by atoms with Gasteiger partial charge in [-0.15, -0.1) is 0 Å². The van der Waals surface area contributed by atoms with Crippen molar-refractivity contribution in [3.63, 3.8) is 0 Å². The van der Waals surface area contributed by atoms with Gasteiger partial charge in [-0.1, -0.05) is 12.1 Å². The van der Waals surface area contributed by atoms with Crippen LogP contribution in [0.4, 0.5) is 0 Å². The maximum Gasteiger partial charge on any atom is 0.0991 e. The Balaban J connectivity index is 1.85. The molecule has 1 unspecified atom stereocenters. The fraction of sp³-hybridized carbons (Fsp3) is 0.400. The minimum atomic E-state index is 0.369. The predicted molar refractivity (Wildman–Crippen MR) is 76.4 cm³/mol. The molecule has 4 nitrogen and oxygen atoms in total. The molecule has 0 spiro atoms. The number of hydrogen-bond acceptors (Lipinski definition) is 3. The summed E-state index contributed by atoms with van der Waals surface area (Å²) in [7, 11) is 0. The second kappa shape index (κ2) is 7.07. The molecule has 0 fully saturated rings. The summed E-state index contributed by atoms with van der Waals surface area (Å²) in [4.78, 5) is 4.05. The van der Waals surface area contributed by atoms with Gasteiger partial charge < -0.3 is 14.6 Å². The molecule has 1 aromatic carbocycles. The van der Waals surface area contributed by atoms with Crippen LogP contribution in [0.25, 0.3) is 5.69 Å². The second-order valence-corrected chi connectivity index (χ2v) is 4.58. The summed E-state index contributed by atoms with van der Waals surface area (Å²) in [5.41, 5.74) is 2.40. The zero-order valence-electron chi connectivity index (χ0n) is 11.5. The predicted octanol–water partition coefficient (Wildman–Crippen LogP) is 2.39. The van der Waals surface area contributed by atoms with E-state index in [0.717, 1.165) is 25.4 Å². The van der Waals surface area contributed by atoms with E-state index >= 15 is 0 Å². The van der Waals surface area contributed by atoms with E-state index in [1.165, 1.54) is 5.56 Å². The van der Waals surface area contributed by atoms with Crippen LogP contribution in [0.15, 0.2) is 43.0 Å². The van der Waals surface area contributed by atoms with Crippen molar-refractivity contribution in [2.45, 2.75) is 26.4 Å². The second-order valence-electron chi connectivity index (χ2n) is 4.58. The highest BCUT2D eigenvalue weighted by Gasteiger charge is 2.01. The molecule has 0 saturated carbocycles. The van der Waals surface area contributed by atoms with Crippen LogP contribution in [0.1, 0.15) is 19.4 Å². The lowest BCUT2D eigenvalue weighted by Crippen LogP contribution is -2.30. The molecule has 0 aliphatic rings. The number of nitrogens with one attached hydrogen (secondary N) is 1. The number of rotatable bonds is 7. The summed E-state index contributed by atoms with van der Waals surface area (Å²) in [6.45, 7) is 6.53. The summed E-state index contributed by atoms with van der Waals surface area (Å²) in [6, 6.07) is 8.84. The summed E-state index contributed by atoms with van der Waals surface area (Å²) >= 11 is 0. The minimum absolute atomic E-state index is 0.369. The van der Waals surface area contributed by atoms with Crippen molar-refractivity contribution in [3.8, 4) is 5.69 Å². The van der Waals surface area contributed by atoms with E-state index in [9.17, 15) is 0 Å². The van der Waals surface area contributed by atoms with Crippen LogP contribution in [-0.2, 0) is 11.3 Å². The standard InChI is InChI=1S/C15H21N3O/c1-3-19-11-13(2)17-10-14-4-6-15(7-5-14)18-9-8-16-12-18/h4-9,12-13,17H,3,10-11H2,1-2H3. The Bertz CT molecular complexity index is 465. The molecule has 102 valence electrons. The Morgan fingerprint density at radius 2 is 2.11 bits per heavy atom. The van der Waals surface area contributed by atoms with E-state index < -0.39 is 0 Å². The van der Waals surface area contributed by atoms with E-state index in [1.807, 2.05) is 17.7 Å². The molecule has 0 aliphatic carbocycles. The quantitative estimate of drug-likeness (QED) is 0.830. The number of ether oxygens (including phenoxy) is 1. The molecule has 2 rings (SSSR count). The average molecular weight is 259 g/mol. The van der Waals surface area contributed by atoms with Crippen molar-refractivity contribution in [3.05, 3.63) is 48.5 Å². The van der Waals surface area contributed by atoms with Gasteiger partial charge in [0.05, 0.1) is 12.9 Å². The number of imidazole rings is 1. The Morgan fingerprint density at radius 3 is 2.74 bits per heavy atom. The number of nitrogens with zero attached hydrogens (tertiary/aromatic N) is 2. The van der Waals surface area contributed by atoms with Gasteiger partial charge in [0.1, 0.15) is 0 Å². The molecule has 0 aliphatic heterocycles. The van der Waals surface area contributed by atoms with Gasteiger partial charge in [-0.05, 0) is 31.5 Å². The maximum absolute atomic E-state index is 5.38. The smallest absolute Gasteiger partial charge is 0.0991 e. The molecule has 2 aromatic rings. The lowest BCUT2D eigenvalue weighted by Gasteiger charge is -2.13. The van der Waals surface area contributed by atoms with Crippen molar-refractivity contribution in [2.24, 2.45) is 0 Å². The number of benzene rings is 1. The molecule has 0 bridgehead atoms. The first-order valence-electron chi connectivity index (χ1n) is 6.68. The van der Waals surface area contributed by atoms with E-state index in [2.05, 4.69) is 41.5 Å². The monoisotopic (exact) mass is 259 g/mol. The van der Waals surface area contributed by atoms with Crippen molar-refractivity contribution in [1.82, 2.24) is 14.9 Å². The van der Waals surface area contributed by atoms with Gasteiger partial charge in [0.15, 0.2) is 0 Å². The van der Waals surface area contributed by atoms with Crippen LogP contribution < -0.4 is 5.32 Å². The van der Waals surface area contributed by atoms with Gasteiger partial charge in [0.2, 0.25) is 0 Å². The topological polar surface area (TPSA) is 39.1 Å². The molecule has 0 radical (unpaired) electrons. The first kappa shape index (κ1) is 13.8. The molecule has 1 heterocycles. The average Bonchev–Trinajstić information content (AvgIpc) is 2.97. The van der Waals surface area contributed by atoms with Gasteiger partial charge in [0.25, 0.3) is 0 Å². The highest BCUT2D eigenvalue weighted by molar-refractivity contribution is 5.34. The van der Waals surface area contributed by atoms with E-state index in [-0.39, 0.29) is 0 Å². The third kappa shape index (κ3) is 4.19. The van der Waals surface area contributed by atoms with Crippen LogP contribution in [0, 0.1) is 0 Å². The van der Waals surface area contributed by atoms with Crippen LogP contribution in [-0.4, -0.2) is 28.8 Å². The molecule has 0 amide bonds. The molecule has 0 saturated heterocycles. The van der Waals surface area contributed by atoms with E-state index in [0.29, 0.717) is 6.04 Å². The molecule has 1 aromatic heterocycles. The molecule has 4 heteroatoms. The fourth-order valence-corrected chi connectivity index (χ4v) is 1.84. The molecular weight excluding hydrogens is 238 g/mol. The highest BCUT2D eigenvalue weighted by Crippen LogP contribution is 2.09. The number of hydrogen-bond donors (Lipinski definition) is 1. The lowest BCUT2D eigenvalue weighted by molar-refractivity contribution is 0.127. The van der Waals surface area contributed by atoms with Gasteiger partial charge in [0, 0.05) is 37.3 Å². The number of aromatic nitrogens is 2. The third-order valence-corrected chi connectivity index (χ3v) is 2.97. The Labute approximate surface area is 114 Å². The zero-order chi connectivity index (χ0) is 13.5. The van der Waals surface area contributed by atoms with Crippen LogP contribution in [0.3, 0.4) is 0 Å². The Morgan fingerprint density at radius 1 is 1.32 bits per heavy atom. The summed E-state index contributed by atoms with van der Waals surface area (Å²) in [5, 5.41) is 3.44. The molecule has 1 N–H and O–H groups in total. The lowest BCUT2D eigenvalue weighted by atomic mass is 10.2. The normalized spacial score (nSPS) is 12.5. The van der Waals surface area contributed by atoms with Crippen molar-refractivity contribution >= 4 is 0 Å². The first-order valence-corrected chi connectivity index (χ1v) is 6.68. The largest absolute Gasteiger partial charge is 0.380 e. The Kier molecular flexibility index (Phi) is 5.12. The third-order valence-electron chi connectivity index (χ3n) is 2.97. The van der Waals surface area contributed by atoms with E-state index in [1.54, 1.807) is 12.5 Å². The fourth-order valence-electron chi connectivity index (χ4n) is 1.84. The molecule has 1 atom stereocenters. The van der Waals surface area contributed by atoms with Crippen LogP contribution >= 0.6 is 0 Å². The maximum atomic E-state index is 5.38. The zero-order valence-corrected chi connectivity index (χ0v) is 11.5. The summed E-state index contributed by atoms with van der Waals surface area (Å²) < 4.78 is 7.37. The SMILES string of the molecule is CCOCC(C)NCc1ccc(-n2ccnc2)cc1. The van der Waals surface area contributed by atoms with Crippen molar-refractivity contribution in [2.75, 3.05) is 13.2 Å². The molecular formula is C15H21N3O. The Hall–Kier alpha value is -1.65. The van der Waals surface area contributed by atoms with E-state index in [4.69, 9.17) is 4.74 Å². The summed E-state index contributed by atoms with van der Waals surface area (Å²) in [5.74, 6) is 0. The van der Waals surface area contributed by atoms with Crippen molar-refractivity contribution < 1.29 is 4.74 Å². The van der Waals surface area contributed by atoms with Gasteiger partial charge in [-0.2, -0.15) is 0 Å². The van der Waals surface area contributed by atoms with Crippen LogP contribution in [0.5, 0.6) is 0 Å². The van der Waals surface area contributed by atoms with Gasteiger partial charge in [-0.3, -0.25) is 0 Å². The molecule has 19 heavy (non-hydrogen) atoms. The highest BCUT2D eigenvalue weighted by atomic mass is 16.5.